The number of benzene rings is 3. The molecule has 0 aliphatic carbocycles. The first-order valence-electron chi connectivity index (χ1n) is 9.70. The van der Waals surface area contributed by atoms with Crippen molar-refractivity contribution in [1.82, 2.24) is 5.32 Å². The van der Waals surface area contributed by atoms with E-state index >= 15 is 0 Å². The second-order valence-corrected chi connectivity index (χ2v) is 6.64. The smallest absolute Gasteiger partial charge is 0.253 e. The van der Waals surface area contributed by atoms with Crippen molar-refractivity contribution in [2.45, 2.75) is 6.42 Å². The summed E-state index contributed by atoms with van der Waals surface area (Å²) in [6, 6.07) is 24.3. The lowest BCUT2D eigenvalue weighted by atomic mass is 10.1. The van der Waals surface area contributed by atoms with E-state index in [4.69, 9.17) is 4.74 Å². The van der Waals surface area contributed by atoms with Crippen LogP contribution in [0.5, 0.6) is 5.75 Å². The number of ether oxygens (including phenoxy) is 1. The molecule has 3 aromatic carbocycles. The highest BCUT2D eigenvalue weighted by molar-refractivity contribution is 6.07. The normalized spacial score (nSPS) is 10.6. The van der Waals surface area contributed by atoms with Crippen LogP contribution in [0.25, 0.3) is 6.08 Å². The van der Waals surface area contributed by atoms with E-state index in [-0.39, 0.29) is 11.8 Å². The third kappa shape index (κ3) is 6.07. The Balaban J connectivity index is 1.60. The lowest BCUT2D eigenvalue weighted by Gasteiger charge is -2.10. The summed E-state index contributed by atoms with van der Waals surface area (Å²) in [6.07, 6.45) is 3.86. The fraction of sp³-hybridized carbons (Fsp3) is 0.120. The molecule has 0 radical (unpaired) electrons. The predicted molar refractivity (Wildman–Crippen MR) is 120 cm³/mol. The Labute approximate surface area is 176 Å². The fourth-order valence-corrected chi connectivity index (χ4v) is 2.94. The summed E-state index contributed by atoms with van der Waals surface area (Å²) in [7, 11) is 1.59. The monoisotopic (exact) mass is 400 g/mol. The van der Waals surface area contributed by atoms with Gasteiger partial charge in [-0.05, 0) is 47.9 Å². The van der Waals surface area contributed by atoms with E-state index in [9.17, 15) is 9.59 Å². The van der Waals surface area contributed by atoms with Gasteiger partial charge in [0.25, 0.3) is 5.91 Å². The van der Waals surface area contributed by atoms with Crippen molar-refractivity contribution in [3.8, 4) is 5.75 Å². The number of anilines is 1. The number of para-hydroxylation sites is 1. The lowest BCUT2D eigenvalue weighted by Crippen LogP contribution is -2.27. The summed E-state index contributed by atoms with van der Waals surface area (Å²) < 4.78 is 5.18. The Morgan fingerprint density at radius 3 is 2.50 bits per heavy atom. The van der Waals surface area contributed by atoms with Crippen molar-refractivity contribution in [2.75, 3.05) is 19.0 Å². The molecule has 0 spiro atoms. The summed E-state index contributed by atoms with van der Waals surface area (Å²) in [6.45, 7) is 0.515. The van der Waals surface area contributed by atoms with Gasteiger partial charge in [0.15, 0.2) is 0 Å². The van der Waals surface area contributed by atoms with Crippen molar-refractivity contribution < 1.29 is 14.3 Å². The first kappa shape index (κ1) is 20.9. The fourth-order valence-electron chi connectivity index (χ4n) is 2.94. The molecule has 0 atom stereocenters. The maximum Gasteiger partial charge on any atom is 0.253 e. The van der Waals surface area contributed by atoms with E-state index in [1.807, 2.05) is 54.6 Å². The topological polar surface area (TPSA) is 67.4 Å². The largest absolute Gasteiger partial charge is 0.497 e. The zero-order chi connectivity index (χ0) is 21.2. The Bertz CT molecular complexity index is 1030. The summed E-state index contributed by atoms with van der Waals surface area (Å²) in [5.41, 5.74) is 2.89. The third-order valence-electron chi connectivity index (χ3n) is 4.49. The van der Waals surface area contributed by atoms with Crippen molar-refractivity contribution in [1.29, 1.82) is 0 Å². The van der Waals surface area contributed by atoms with Gasteiger partial charge in [0, 0.05) is 12.6 Å². The highest BCUT2D eigenvalue weighted by Crippen LogP contribution is 2.16. The summed E-state index contributed by atoms with van der Waals surface area (Å²) in [5.74, 6) is 0.177. The molecule has 0 heterocycles. The molecule has 3 rings (SSSR count). The number of nitrogens with one attached hydrogen (secondary N) is 2. The van der Waals surface area contributed by atoms with E-state index in [1.165, 1.54) is 6.08 Å². The van der Waals surface area contributed by atoms with Gasteiger partial charge < -0.3 is 15.4 Å². The number of carbonyl (C=O) groups excluding carboxylic acids is 2. The van der Waals surface area contributed by atoms with Gasteiger partial charge in [-0.2, -0.15) is 0 Å². The van der Waals surface area contributed by atoms with Crippen LogP contribution in [-0.2, 0) is 11.2 Å². The second-order valence-electron chi connectivity index (χ2n) is 6.64. The molecule has 0 saturated carbocycles. The molecule has 5 heteroatoms. The van der Waals surface area contributed by atoms with Crippen LogP contribution in [0.3, 0.4) is 0 Å². The van der Waals surface area contributed by atoms with Crippen molar-refractivity contribution in [3.05, 3.63) is 102 Å². The van der Waals surface area contributed by atoms with Gasteiger partial charge in [0.1, 0.15) is 5.75 Å². The molecule has 0 unspecified atom stereocenters. The molecule has 2 amide bonds. The van der Waals surface area contributed by atoms with Crippen LogP contribution in [-0.4, -0.2) is 25.5 Å². The van der Waals surface area contributed by atoms with E-state index in [0.717, 1.165) is 23.3 Å². The van der Waals surface area contributed by atoms with Gasteiger partial charge >= 0.3 is 0 Å². The first-order chi connectivity index (χ1) is 14.7. The molecule has 3 aromatic rings. The maximum atomic E-state index is 12.6. The molecule has 0 bridgehead atoms. The van der Waals surface area contributed by atoms with Gasteiger partial charge in [0.2, 0.25) is 5.91 Å². The lowest BCUT2D eigenvalue weighted by molar-refractivity contribution is -0.111. The minimum atomic E-state index is -0.317. The number of amides is 2. The van der Waals surface area contributed by atoms with Crippen LogP contribution in [0, 0.1) is 0 Å². The quantitative estimate of drug-likeness (QED) is 0.554. The molecule has 5 nitrogen and oxygen atoms in total. The van der Waals surface area contributed by atoms with Crippen LogP contribution in [0.15, 0.2) is 84.9 Å². The average Bonchev–Trinajstić information content (AvgIpc) is 2.79. The number of hydrogen-bond donors (Lipinski definition) is 2. The van der Waals surface area contributed by atoms with E-state index in [2.05, 4.69) is 10.6 Å². The van der Waals surface area contributed by atoms with Crippen LogP contribution in [0.2, 0.25) is 0 Å². The molecular formula is C25H24N2O3. The van der Waals surface area contributed by atoms with Crippen molar-refractivity contribution >= 4 is 23.6 Å². The van der Waals surface area contributed by atoms with Gasteiger partial charge in [-0.25, -0.2) is 0 Å². The standard InChI is InChI=1S/C25H24N2O3/c1-30-21-11-7-10-20(18-21)14-15-24(28)27-23-13-6-5-12-22(23)25(29)26-17-16-19-8-3-2-4-9-19/h2-15,18H,16-17H2,1H3,(H,26,29)(H,27,28)/b15-14+. The molecule has 152 valence electrons. The zero-order valence-corrected chi connectivity index (χ0v) is 16.8. The van der Waals surface area contributed by atoms with Crippen LogP contribution in [0.1, 0.15) is 21.5 Å². The maximum absolute atomic E-state index is 12.6. The SMILES string of the molecule is COc1cccc(/C=C/C(=O)Nc2ccccc2C(=O)NCCc2ccccc2)c1. The molecule has 0 aliphatic rings. The van der Waals surface area contributed by atoms with Gasteiger partial charge in [-0.1, -0.05) is 54.6 Å². The summed E-state index contributed by atoms with van der Waals surface area (Å²) >= 11 is 0. The molecular weight excluding hydrogens is 376 g/mol. The highest BCUT2D eigenvalue weighted by Gasteiger charge is 2.11. The van der Waals surface area contributed by atoms with Crippen molar-refractivity contribution in [2.24, 2.45) is 0 Å². The molecule has 30 heavy (non-hydrogen) atoms. The van der Waals surface area contributed by atoms with Gasteiger partial charge in [-0.3, -0.25) is 9.59 Å². The minimum absolute atomic E-state index is 0.224. The van der Waals surface area contributed by atoms with Crippen molar-refractivity contribution in [3.63, 3.8) is 0 Å². The Kier molecular flexibility index (Phi) is 7.39. The number of hydrogen-bond acceptors (Lipinski definition) is 3. The Morgan fingerprint density at radius 2 is 1.70 bits per heavy atom. The summed E-state index contributed by atoms with van der Waals surface area (Å²) in [5, 5.41) is 5.69. The Morgan fingerprint density at radius 1 is 0.933 bits per heavy atom. The highest BCUT2D eigenvalue weighted by atomic mass is 16.5. The van der Waals surface area contributed by atoms with E-state index in [0.29, 0.717) is 17.8 Å². The van der Waals surface area contributed by atoms with E-state index in [1.54, 1.807) is 37.5 Å². The number of carbonyl (C=O) groups is 2. The van der Waals surface area contributed by atoms with Crippen LogP contribution < -0.4 is 15.4 Å². The van der Waals surface area contributed by atoms with Crippen LogP contribution >= 0.6 is 0 Å². The Hall–Kier alpha value is -3.86. The predicted octanol–water partition coefficient (Wildman–Crippen LogP) is 4.32. The summed E-state index contributed by atoms with van der Waals surface area (Å²) in [4.78, 5) is 24.9. The first-order valence-corrected chi connectivity index (χ1v) is 9.70. The molecule has 0 saturated heterocycles. The zero-order valence-electron chi connectivity index (χ0n) is 16.8. The number of rotatable bonds is 8. The third-order valence-corrected chi connectivity index (χ3v) is 4.49. The van der Waals surface area contributed by atoms with Crippen LogP contribution in [0.4, 0.5) is 5.69 Å². The second kappa shape index (κ2) is 10.6. The molecule has 0 fully saturated rings. The van der Waals surface area contributed by atoms with E-state index < -0.39 is 0 Å². The number of methoxy groups -OCH3 is 1. The molecule has 0 aromatic heterocycles. The van der Waals surface area contributed by atoms with Gasteiger partial charge in [-0.15, -0.1) is 0 Å². The minimum Gasteiger partial charge on any atom is -0.497 e. The average molecular weight is 400 g/mol. The molecule has 0 aliphatic heterocycles. The molecule has 2 N–H and O–H groups in total. The van der Waals surface area contributed by atoms with Gasteiger partial charge in [0.05, 0.1) is 18.4 Å².